The van der Waals surface area contributed by atoms with Crippen molar-refractivity contribution >= 4 is 11.7 Å². The first-order valence-corrected chi connectivity index (χ1v) is 6.88. The van der Waals surface area contributed by atoms with Crippen LogP contribution in [0.3, 0.4) is 0 Å². The summed E-state index contributed by atoms with van der Waals surface area (Å²) in [4.78, 5) is 11.7. The first-order chi connectivity index (χ1) is 9.42. The second kappa shape index (κ2) is 7.75. The molecule has 3 N–H and O–H groups in total. The van der Waals surface area contributed by atoms with Gasteiger partial charge in [-0.3, -0.25) is 0 Å². The number of hydrogen-bond acceptors (Lipinski definition) is 3. The van der Waals surface area contributed by atoms with Crippen LogP contribution in [-0.4, -0.2) is 29.9 Å². The number of rotatable bonds is 6. The second-order valence-corrected chi connectivity index (χ2v) is 5.16. The number of hydrogen-bond donors (Lipinski definition) is 3. The van der Waals surface area contributed by atoms with E-state index in [-0.39, 0.29) is 24.8 Å². The third kappa shape index (κ3) is 5.48. The van der Waals surface area contributed by atoms with Gasteiger partial charge in [-0.05, 0) is 57.9 Å². The van der Waals surface area contributed by atoms with Crippen molar-refractivity contribution in [3.63, 3.8) is 0 Å². The molecule has 0 radical (unpaired) electrons. The van der Waals surface area contributed by atoms with Crippen LogP contribution >= 0.6 is 0 Å². The summed E-state index contributed by atoms with van der Waals surface area (Å²) in [5.74, 6) is 0.819. The highest BCUT2D eigenvalue weighted by Gasteiger charge is 2.08. The topological polar surface area (TPSA) is 70.6 Å². The molecular weight excluding hydrogens is 256 g/mol. The number of carbonyl (C=O) groups is 1. The van der Waals surface area contributed by atoms with Crippen LogP contribution in [0.15, 0.2) is 18.2 Å². The highest BCUT2D eigenvalue weighted by molar-refractivity contribution is 5.89. The Balaban J connectivity index is 2.60. The van der Waals surface area contributed by atoms with Gasteiger partial charge in [0, 0.05) is 18.3 Å². The van der Waals surface area contributed by atoms with Gasteiger partial charge in [0.1, 0.15) is 5.75 Å². The van der Waals surface area contributed by atoms with E-state index in [9.17, 15) is 4.79 Å². The molecule has 0 bridgehead atoms. The summed E-state index contributed by atoms with van der Waals surface area (Å²) in [5.41, 5.74) is 1.69. The third-order valence-electron chi connectivity index (χ3n) is 2.74. The summed E-state index contributed by atoms with van der Waals surface area (Å²) in [7, 11) is 0. The maximum absolute atomic E-state index is 11.7. The van der Waals surface area contributed by atoms with Gasteiger partial charge in [-0.2, -0.15) is 0 Å². The lowest BCUT2D eigenvalue weighted by atomic mass is 10.2. The zero-order valence-corrected chi connectivity index (χ0v) is 12.6. The number of aryl methyl sites for hydroxylation is 1. The fraction of sp³-hybridized carbons (Fsp3) is 0.533. The average Bonchev–Trinajstić information content (AvgIpc) is 2.32. The molecule has 0 aliphatic carbocycles. The SMILES string of the molecule is Cc1cc(NC(=O)N[C@H](C)CCO)ccc1OC(C)C. The molecule has 1 rings (SSSR count). The molecule has 0 spiro atoms. The Labute approximate surface area is 120 Å². The lowest BCUT2D eigenvalue weighted by Crippen LogP contribution is -2.36. The van der Waals surface area contributed by atoms with E-state index < -0.39 is 0 Å². The van der Waals surface area contributed by atoms with Gasteiger partial charge in [-0.15, -0.1) is 0 Å². The number of ether oxygens (including phenoxy) is 1. The molecule has 1 aromatic carbocycles. The van der Waals surface area contributed by atoms with Crippen LogP contribution in [0.25, 0.3) is 0 Å². The van der Waals surface area contributed by atoms with Crippen LogP contribution in [0.1, 0.15) is 32.8 Å². The first kappa shape index (κ1) is 16.3. The summed E-state index contributed by atoms with van der Waals surface area (Å²) in [6, 6.07) is 5.18. The van der Waals surface area contributed by atoms with Gasteiger partial charge in [0.25, 0.3) is 0 Å². The number of nitrogens with one attached hydrogen (secondary N) is 2. The van der Waals surface area contributed by atoms with Gasteiger partial charge in [0.15, 0.2) is 0 Å². The number of aliphatic hydroxyl groups excluding tert-OH is 1. The van der Waals surface area contributed by atoms with Gasteiger partial charge >= 0.3 is 6.03 Å². The molecule has 1 aromatic rings. The summed E-state index contributed by atoms with van der Waals surface area (Å²) >= 11 is 0. The van der Waals surface area contributed by atoms with Crippen LogP contribution in [0.4, 0.5) is 10.5 Å². The van der Waals surface area contributed by atoms with E-state index in [1.807, 2.05) is 39.8 Å². The van der Waals surface area contributed by atoms with Crippen molar-refractivity contribution in [2.45, 2.75) is 46.3 Å². The predicted octanol–water partition coefficient (Wildman–Crippen LogP) is 2.67. The summed E-state index contributed by atoms with van der Waals surface area (Å²) in [5, 5.41) is 14.3. The Kier molecular flexibility index (Phi) is 6.31. The van der Waals surface area contributed by atoms with E-state index in [2.05, 4.69) is 10.6 Å². The molecule has 2 amide bonds. The normalized spacial score (nSPS) is 12.1. The molecule has 0 aliphatic rings. The van der Waals surface area contributed by atoms with Crippen molar-refractivity contribution in [2.24, 2.45) is 0 Å². The minimum absolute atomic E-state index is 0.0573. The molecule has 0 aliphatic heterocycles. The molecule has 112 valence electrons. The maximum atomic E-state index is 11.7. The number of amides is 2. The van der Waals surface area contributed by atoms with Crippen molar-refractivity contribution in [3.8, 4) is 5.75 Å². The number of anilines is 1. The number of aliphatic hydroxyl groups is 1. The molecule has 0 fully saturated rings. The van der Waals surface area contributed by atoms with Crippen molar-refractivity contribution < 1.29 is 14.6 Å². The Morgan fingerprint density at radius 3 is 2.60 bits per heavy atom. The van der Waals surface area contributed by atoms with Crippen LogP contribution in [0.5, 0.6) is 5.75 Å². The van der Waals surface area contributed by atoms with Gasteiger partial charge < -0.3 is 20.5 Å². The Hall–Kier alpha value is -1.75. The van der Waals surface area contributed by atoms with Crippen LogP contribution in [0, 0.1) is 6.92 Å². The average molecular weight is 280 g/mol. The molecular formula is C15H24N2O3. The maximum Gasteiger partial charge on any atom is 0.319 e. The monoisotopic (exact) mass is 280 g/mol. The standard InChI is InChI=1S/C15H24N2O3/c1-10(2)20-14-6-5-13(9-11(14)3)17-15(19)16-12(4)7-8-18/h5-6,9-10,12,18H,7-8H2,1-4H3,(H2,16,17,19)/t12-/m1/s1. The predicted molar refractivity (Wildman–Crippen MR) is 80.3 cm³/mol. The second-order valence-electron chi connectivity index (χ2n) is 5.16. The van der Waals surface area contributed by atoms with E-state index in [1.165, 1.54) is 0 Å². The van der Waals surface area contributed by atoms with Gasteiger partial charge in [0.05, 0.1) is 6.10 Å². The van der Waals surface area contributed by atoms with E-state index in [1.54, 1.807) is 6.07 Å². The van der Waals surface area contributed by atoms with Crippen LogP contribution in [0.2, 0.25) is 0 Å². The van der Waals surface area contributed by atoms with Crippen LogP contribution in [-0.2, 0) is 0 Å². The van der Waals surface area contributed by atoms with Crippen molar-refractivity contribution in [2.75, 3.05) is 11.9 Å². The van der Waals surface area contributed by atoms with Crippen molar-refractivity contribution in [1.82, 2.24) is 5.32 Å². The minimum atomic E-state index is -0.275. The zero-order chi connectivity index (χ0) is 15.1. The number of urea groups is 1. The largest absolute Gasteiger partial charge is 0.491 e. The third-order valence-corrected chi connectivity index (χ3v) is 2.74. The molecule has 0 aromatic heterocycles. The van der Waals surface area contributed by atoms with E-state index in [4.69, 9.17) is 9.84 Å². The Morgan fingerprint density at radius 1 is 1.35 bits per heavy atom. The molecule has 0 saturated heterocycles. The smallest absolute Gasteiger partial charge is 0.319 e. The quantitative estimate of drug-likeness (QED) is 0.750. The fourth-order valence-corrected chi connectivity index (χ4v) is 1.77. The molecule has 0 saturated carbocycles. The Morgan fingerprint density at radius 2 is 2.05 bits per heavy atom. The lowest BCUT2D eigenvalue weighted by Gasteiger charge is -2.15. The summed E-state index contributed by atoms with van der Waals surface area (Å²) in [6.45, 7) is 7.79. The molecule has 0 unspecified atom stereocenters. The van der Waals surface area contributed by atoms with Gasteiger partial charge in [-0.1, -0.05) is 0 Å². The Bertz CT molecular complexity index is 447. The number of benzene rings is 1. The van der Waals surface area contributed by atoms with E-state index in [0.717, 1.165) is 11.3 Å². The van der Waals surface area contributed by atoms with Gasteiger partial charge in [-0.25, -0.2) is 4.79 Å². The summed E-state index contributed by atoms with van der Waals surface area (Å²) in [6.07, 6.45) is 0.656. The van der Waals surface area contributed by atoms with Crippen LogP contribution < -0.4 is 15.4 Å². The van der Waals surface area contributed by atoms with E-state index >= 15 is 0 Å². The van der Waals surface area contributed by atoms with Crippen molar-refractivity contribution in [3.05, 3.63) is 23.8 Å². The first-order valence-electron chi connectivity index (χ1n) is 6.88. The molecule has 5 heteroatoms. The lowest BCUT2D eigenvalue weighted by molar-refractivity contribution is 0.239. The molecule has 0 heterocycles. The molecule has 5 nitrogen and oxygen atoms in total. The van der Waals surface area contributed by atoms with E-state index in [0.29, 0.717) is 12.1 Å². The summed E-state index contributed by atoms with van der Waals surface area (Å²) < 4.78 is 5.65. The zero-order valence-electron chi connectivity index (χ0n) is 12.6. The molecule has 1 atom stereocenters. The number of carbonyl (C=O) groups excluding carboxylic acids is 1. The van der Waals surface area contributed by atoms with Crippen molar-refractivity contribution in [1.29, 1.82) is 0 Å². The molecule has 20 heavy (non-hydrogen) atoms. The highest BCUT2D eigenvalue weighted by Crippen LogP contribution is 2.22. The minimum Gasteiger partial charge on any atom is -0.491 e. The highest BCUT2D eigenvalue weighted by atomic mass is 16.5. The fourth-order valence-electron chi connectivity index (χ4n) is 1.77. The van der Waals surface area contributed by atoms with Gasteiger partial charge in [0.2, 0.25) is 0 Å².